The van der Waals surface area contributed by atoms with E-state index in [1.807, 2.05) is 6.08 Å². The highest BCUT2D eigenvalue weighted by atomic mass is 14.0. The lowest BCUT2D eigenvalue weighted by molar-refractivity contribution is 0.924. The van der Waals surface area contributed by atoms with E-state index in [0.717, 1.165) is 6.42 Å². The van der Waals surface area contributed by atoms with Gasteiger partial charge in [-0.3, -0.25) is 0 Å². The molecule has 0 unspecified atom stereocenters. The summed E-state index contributed by atoms with van der Waals surface area (Å²) in [7, 11) is 0. The Morgan fingerprint density at radius 2 is 2.07 bits per heavy atom. The Balaban J connectivity index is 2.61. The SMILES string of the molecule is C=Cc1cccc2ccc(CCC)cc12. The largest absolute Gasteiger partial charge is 0.0984 e. The Morgan fingerprint density at radius 3 is 2.80 bits per heavy atom. The Labute approximate surface area is 91.2 Å². The van der Waals surface area contributed by atoms with Gasteiger partial charge in [0.2, 0.25) is 0 Å². The fourth-order valence-corrected chi connectivity index (χ4v) is 1.97. The standard InChI is InChI=1S/C15H16/c1-3-6-12-9-10-14-8-5-7-13(4-2)15(14)11-12/h4-5,7-11H,2-3,6H2,1H3. The van der Waals surface area contributed by atoms with E-state index in [4.69, 9.17) is 0 Å². The molecule has 2 aromatic carbocycles. The molecule has 0 bridgehead atoms. The summed E-state index contributed by atoms with van der Waals surface area (Å²) in [6.45, 7) is 6.07. The molecule has 0 aromatic heterocycles. The summed E-state index contributed by atoms with van der Waals surface area (Å²) >= 11 is 0. The average Bonchev–Trinajstić information content (AvgIpc) is 2.28. The summed E-state index contributed by atoms with van der Waals surface area (Å²) in [4.78, 5) is 0. The van der Waals surface area contributed by atoms with Crippen LogP contribution in [0, 0.1) is 0 Å². The van der Waals surface area contributed by atoms with Gasteiger partial charge in [-0.2, -0.15) is 0 Å². The van der Waals surface area contributed by atoms with Gasteiger partial charge in [0.05, 0.1) is 0 Å². The van der Waals surface area contributed by atoms with Crippen molar-refractivity contribution in [3.05, 3.63) is 54.1 Å². The lowest BCUT2D eigenvalue weighted by Crippen LogP contribution is -1.84. The molecular formula is C15H16. The minimum atomic E-state index is 1.15. The molecule has 0 amide bonds. The van der Waals surface area contributed by atoms with Crippen LogP contribution in [0.3, 0.4) is 0 Å². The molecule has 0 fully saturated rings. The number of aryl methyl sites for hydroxylation is 1. The van der Waals surface area contributed by atoms with Crippen molar-refractivity contribution in [2.24, 2.45) is 0 Å². The van der Waals surface area contributed by atoms with Crippen molar-refractivity contribution in [3.63, 3.8) is 0 Å². The molecule has 0 N–H and O–H groups in total. The Hall–Kier alpha value is -1.56. The molecule has 76 valence electrons. The third kappa shape index (κ3) is 1.94. The van der Waals surface area contributed by atoms with E-state index < -0.39 is 0 Å². The van der Waals surface area contributed by atoms with Gasteiger partial charge in [0.15, 0.2) is 0 Å². The van der Waals surface area contributed by atoms with E-state index in [0.29, 0.717) is 0 Å². The van der Waals surface area contributed by atoms with Crippen molar-refractivity contribution in [1.82, 2.24) is 0 Å². The molecule has 0 radical (unpaired) electrons. The zero-order valence-electron chi connectivity index (χ0n) is 9.16. The molecular weight excluding hydrogens is 180 g/mol. The average molecular weight is 196 g/mol. The lowest BCUT2D eigenvalue weighted by Gasteiger charge is -2.05. The van der Waals surface area contributed by atoms with Crippen molar-refractivity contribution in [3.8, 4) is 0 Å². The van der Waals surface area contributed by atoms with Crippen molar-refractivity contribution < 1.29 is 0 Å². The maximum atomic E-state index is 3.86. The van der Waals surface area contributed by atoms with E-state index in [1.54, 1.807) is 0 Å². The zero-order chi connectivity index (χ0) is 10.7. The van der Waals surface area contributed by atoms with Crippen molar-refractivity contribution in [2.45, 2.75) is 19.8 Å². The summed E-state index contributed by atoms with van der Waals surface area (Å²) in [5.74, 6) is 0. The first kappa shape index (κ1) is 9.97. The molecule has 15 heavy (non-hydrogen) atoms. The molecule has 2 aromatic rings. The third-order valence-corrected chi connectivity index (χ3v) is 2.74. The second-order valence-electron chi connectivity index (χ2n) is 3.86. The van der Waals surface area contributed by atoms with Crippen LogP contribution in [-0.2, 0) is 6.42 Å². The second-order valence-corrected chi connectivity index (χ2v) is 3.86. The summed E-state index contributed by atoms with van der Waals surface area (Å²) < 4.78 is 0. The summed E-state index contributed by atoms with van der Waals surface area (Å²) in [6, 6.07) is 13.1. The molecule has 0 saturated carbocycles. The van der Waals surface area contributed by atoms with Crippen LogP contribution in [0.15, 0.2) is 43.0 Å². The Morgan fingerprint density at radius 1 is 1.20 bits per heavy atom. The summed E-state index contributed by atoms with van der Waals surface area (Å²) in [6.07, 6.45) is 4.28. The van der Waals surface area contributed by atoms with Gasteiger partial charge in [0, 0.05) is 0 Å². The van der Waals surface area contributed by atoms with Gasteiger partial charge in [0.25, 0.3) is 0 Å². The molecule has 0 aliphatic heterocycles. The van der Waals surface area contributed by atoms with Gasteiger partial charge in [-0.1, -0.05) is 62.4 Å². The van der Waals surface area contributed by atoms with Crippen LogP contribution in [0.2, 0.25) is 0 Å². The predicted molar refractivity (Wildman–Crippen MR) is 68.0 cm³/mol. The Bertz CT molecular complexity index is 480. The minimum absolute atomic E-state index is 1.15. The number of hydrogen-bond acceptors (Lipinski definition) is 0. The van der Waals surface area contributed by atoms with Crippen molar-refractivity contribution in [1.29, 1.82) is 0 Å². The number of benzene rings is 2. The first-order valence-electron chi connectivity index (χ1n) is 5.49. The van der Waals surface area contributed by atoms with Gasteiger partial charge < -0.3 is 0 Å². The first-order chi connectivity index (χ1) is 7.35. The minimum Gasteiger partial charge on any atom is -0.0984 e. The monoisotopic (exact) mass is 196 g/mol. The summed E-state index contributed by atoms with van der Waals surface area (Å²) in [5, 5.41) is 2.62. The number of rotatable bonds is 3. The second kappa shape index (κ2) is 4.31. The van der Waals surface area contributed by atoms with Crippen LogP contribution < -0.4 is 0 Å². The van der Waals surface area contributed by atoms with Gasteiger partial charge in [-0.25, -0.2) is 0 Å². The maximum absolute atomic E-state index is 3.86. The fraction of sp³-hybridized carbons (Fsp3) is 0.200. The highest BCUT2D eigenvalue weighted by Crippen LogP contribution is 2.21. The van der Waals surface area contributed by atoms with E-state index in [1.165, 1.54) is 28.3 Å². The van der Waals surface area contributed by atoms with Gasteiger partial charge in [0.1, 0.15) is 0 Å². The third-order valence-electron chi connectivity index (χ3n) is 2.74. The van der Waals surface area contributed by atoms with Gasteiger partial charge >= 0.3 is 0 Å². The van der Waals surface area contributed by atoms with Crippen LogP contribution in [0.25, 0.3) is 16.8 Å². The molecule has 0 saturated heterocycles. The zero-order valence-corrected chi connectivity index (χ0v) is 9.16. The maximum Gasteiger partial charge on any atom is -0.0109 e. The molecule has 0 spiro atoms. The molecule has 2 rings (SSSR count). The quantitative estimate of drug-likeness (QED) is 0.681. The van der Waals surface area contributed by atoms with E-state index in [2.05, 4.69) is 49.9 Å². The van der Waals surface area contributed by atoms with Crippen molar-refractivity contribution >= 4 is 16.8 Å². The molecule has 0 heteroatoms. The van der Waals surface area contributed by atoms with E-state index in [9.17, 15) is 0 Å². The van der Waals surface area contributed by atoms with Crippen LogP contribution in [-0.4, -0.2) is 0 Å². The first-order valence-corrected chi connectivity index (χ1v) is 5.49. The normalized spacial score (nSPS) is 10.5. The van der Waals surface area contributed by atoms with Crippen LogP contribution in [0.5, 0.6) is 0 Å². The van der Waals surface area contributed by atoms with Gasteiger partial charge in [-0.15, -0.1) is 0 Å². The fourth-order valence-electron chi connectivity index (χ4n) is 1.97. The molecule has 0 aliphatic rings. The lowest BCUT2D eigenvalue weighted by atomic mass is 10.0. The molecule has 0 atom stereocenters. The highest BCUT2D eigenvalue weighted by Gasteiger charge is 1.99. The molecule has 0 nitrogen and oxygen atoms in total. The summed E-state index contributed by atoms with van der Waals surface area (Å²) in [5.41, 5.74) is 2.64. The van der Waals surface area contributed by atoms with Crippen LogP contribution in [0.4, 0.5) is 0 Å². The predicted octanol–water partition coefficient (Wildman–Crippen LogP) is 4.44. The topological polar surface area (TPSA) is 0 Å². The highest BCUT2D eigenvalue weighted by molar-refractivity contribution is 5.90. The molecule has 0 aliphatic carbocycles. The van der Waals surface area contributed by atoms with E-state index in [-0.39, 0.29) is 0 Å². The van der Waals surface area contributed by atoms with Crippen molar-refractivity contribution in [2.75, 3.05) is 0 Å². The van der Waals surface area contributed by atoms with Crippen LogP contribution >= 0.6 is 0 Å². The number of fused-ring (bicyclic) bond motifs is 1. The van der Waals surface area contributed by atoms with Crippen LogP contribution in [0.1, 0.15) is 24.5 Å². The Kier molecular flexibility index (Phi) is 2.86. The molecule has 0 heterocycles. The smallest absolute Gasteiger partial charge is 0.0109 e. The van der Waals surface area contributed by atoms with Gasteiger partial charge in [-0.05, 0) is 28.3 Å². The number of hydrogen-bond donors (Lipinski definition) is 0. The van der Waals surface area contributed by atoms with E-state index >= 15 is 0 Å².